The van der Waals surface area contributed by atoms with Crippen LogP contribution in [0.3, 0.4) is 0 Å². The standard InChI is InChI=1S/C15H18N2OS/c16-8-2-4-12-3-1-5-13(11-12)15(18)17-14-6-9-19-10-7-14/h1,3,5,11,14H,6-10,16H2,(H,17,18). The molecule has 1 aromatic rings. The van der Waals surface area contributed by atoms with Crippen molar-refractivity contribution in [3.05, 3.63) is 35.4 Å². The number of nitrogens with two attached hydrogens (primary N) is 1. The summed E-state index contributed by atoms with van der Waals surface area (Å²) < 4.78 is 0. The van der Waals surface area contributed by atoms with Crippen LogP contribution >= 0.6 is 11.8 Å². The smallest absolute Gasteiger partial charge is 0.251 e. The molecule has 0 unspecified atom stereocenters. The van der Waals surface area contributed by atoms with E-state index in [-0.39, 0.29) is 5.91 Å². The van der Waals surface area contributed by atoms with Gasteiger partial charge >= 0.3 is 0 Å². The molecule has 0 aliphatic carbocycles. The number of nitrogens with one attached hydrogen (secondary N) is 1. The monoisotopic (exact) mass is 274 g/mol. The maximum Gasteiger partial charge on any atom is 0.251 e. The van der Waals surface area contributed by atoms with E-state index in [1.54, 1.807) is 0 Å². The van der Waals surface area contributed by atoms with Crippen molar-refractivity contribution in [2.75, 3.05) is 18.1 Å². The molecule has 0 spiro atoms. The fourth-order valence-electron chi connectivity index (χ4n) is 2.00. The Bertz CT molecular complexity index is 498. The first-order valence-corrected chi connectivity index (χ1v) is 7.62. The Hall–Kier alpha value is -1.44. The van der Waals surface area contributed by atoms with Crippen LogP contribution in [-0.2, 0) is 0 Å². The molecule has 1 aliphatic rings. The van der Waals surface area contributed by atoms with Crippen LogP contribution in [0, 0.1) is 11.8 Å². The molecule has 1 fully saturated rings. The summed E-state index contributed by atoms with van der Waals surface area (Å²) in [5.41, 5.74) is 6.84. The number of benzene rings is 1. The van der Waals surface area contributed by atoms with Crippen LogP contribution in [0.1, 0.15) is 28.8 Å². The van der Waals surface area contributed by atoms with Crippen LogP contribution in [0.2, 0.25) is 0 Å². The zero-order valence-electron chi connectivity index (χ0n) is 10.8. The molecule has 3 nitrogen and oxygen atoms in total. The van der Waals surface area contributed by atoms with Gasteiger partial charge in [0.15, 0.2) is 0 Å². The first-order valence-electron chi connectivity index (χ1n) is 6.47. The minimum absolute atomic E-state index is 0.00621. The molecule has 1 saturated heterocycles. The van der Waals surface area contributed by atoms with Gasteiger partial charge in [0.2, 0.25) is 0 Å². The van der Waals surface area contributed by atoms with Gasteiger partial charge in [0, 0.05) is 17.2 Å². The van der Waals surface area contributed by atoms with E-state index in [4.69, 9.17) is 5.73 Å². The average molecular weight is 274 g/mol. The second-order valence-electron chi connectivity index (χ2n) is 4.45. The van der Waals surface area contributed by atoms with E-state index >= 15 is 0 Å². The lowest BCUT2D eigenvalue weighted by atomic mass is 10.1. The molecule has 100 valence electrons. The van der Waals surface area contributed by atoms with Crippen molar-refractivity contribution in [1.29, 1.82) is 0 Å². The molecule has 1 aromatic carbocycles. The summed E-state index contributed by atoms with van der Waals surface area (Å²) in [5, 5.41) is 3.09. The Balaban J connectivity index is 2.01. The molecular weight excluding hydrogens is 256 g/mol. The number of thioether (sulfide) groups is 1. The molecule has 1 aliphatic heterocycles. The summed E-state index contributed by atoms with van der Waals surface area (Å²) >= 11 is 1.95. The third kappa shape index (κ3) is 4.30. The van der Waals surface area contributed by atoms with Gasteiger partial charge in [-0.1, -0.05) is 17.9 Å². The minimum Gasteiger partial charge on any atom is -0.349 e. The number of hydrogen-bond acceptors (Lipinski definition) is 3. The highest BCUT2D eigenvalue weighted by Crippen LogP contribution is 2.17. The van der Waals surface area contributed by atoms with E-state index in [1.807, 2.05) is 36.0 Å². The van der Waals surface area contributed by atoms with Crippen molar-refractivity contribution in [3.63, 3.8) is 0 Å². The Morgan fingerprint density at radius 1 is 1.42 bits per heavy atom. The molecule has 0 aromatic heterocycles. The van der Waals surface area contributed by atoms with E-state index in [0.29, 0.717) is 18.2 Å². The summed E-state index contributed by atoms with van der Waals surface area (Å²) in [5.74, 6) is 8.00. The molecule has 19 heavy (non-hydrogen) atoms. The van der Waals surface area contributed by atoms with Crippen molar-refractivity contribution in [2.45, 2.75) is 18.9 Å². The summed E-state index contributed by atoms with van der Waals surface area (Å²) in [6.07, 6.45) is 2.12. The molecular formula is C15H18N2OS. The predicted octanol–water partition coefficient (Wildman–Crippen LogP) is 1.62. The number of hydrogen-bond donors (Lipinski definition) is 2. The van der Waals surface area contributed by atoms with Gasteiger partial charge in [-0.25, -0.2) is 0 Å². The number of carbonyl (C=O) groups excluding carboxylic acids is 1. The lowest BCUT2D eigenvalue weighted by Crippen LogP contribution is -2.37. The fourth-order valence-corrected chi connectivity index (χ4v) is 3.11. The number of rotatable bonds is 2. The van der Waals surface area contributed by atoms with Gasteiger partial charge in [-0.3, -0.25) is 4.79 Å². The second kappa shape index (κ2) is 7.22. The van der Waals surface area contributed by atoms with Crippen molar-refractivity contribution in [2.24, 2.45) is 5.73 Å². The molecule has 1 amide bonds. The first-order chi connectivity index (χ1) is 9.29. The molecule has 1 heterocycles. The van der Waals surface area contributed by atoms with Crippen LogP contribution in [0.15, 0.2) is 24.3 Å². The lowest BCUT2D eigenvalue weighted by molar-refractivity contribution is 0.0935. The van der Waals surface area contributed by atoms with E-state index in [1.165, 1.54) is 0 Å². The van der Waals surface area contributed by atoms with Crippen LogP contribution in [0.4, 0.5) is 0 Å². The first kappa shape index (κ1) is 14.0. The highest BCUT2D eigenvalue weighted by Gasteiger charge is 2.16. The van der Waals surface area contributed by atoms with Crippen molar-refractivity contribution < 1.29 is 4.79 Å². The van der Waals surface area contributed by atoms with Crippen LogP contribution < -0.4 is 11.1 Å². The van der Waals surface area contributed by atoms with Gasteiger partial charge in [-0.05, 0) is 42.5 Å². The van der Waals surface area contributed by atoms with Crippen LogP contribution in [-0.4, -0.2) is 30.0 Å². The highest BCUT2D eigenvalue weighted by atomic mass is 32.2. The molecule has 0 atom stereocenters. The Labute approximate surface area is 118 Å². The summed E-state index contributed by atoms with van der Waals surface area (Å²) in [6, 6.07) is 7.69. The zero-order chi connectivity index (χ0) is 13.5. The molecule has 3 N–H and O–H groups in total. The van der Waals surface area contributed by atoms with E-state index in [0.717, 1.165) is 29.9 Å². The highest BCUT2D eigenvalue weighted by molar-refractivity contribution is 7.99. The third-order valence-electron chi connectivity index (χ3n) is 3.02. The van der Waals surface area contributed by atoms with Crippen LogP contribution in [0.5, 0.6) is 0 Å². The Kier molecular flexibility index (Phi) is 5.31. The van der Waals surface area contributed by atoms with Gasteiger partial charge in [-0.15, -0.1) is 0 Å². The maximum atomic E-state index is 12.1. The van der Waals surface area contributed by atoms with E-state index in [2.05, 4.69) is 17.2 Å². The molecule has 0 radical (unpaired) electrons. The van der Waals surface area contributed by atoms with E-state index < -0.39 is 0 Å². The number of carbonyl (C=O) groups is 1. The lowest BCUT2D eigenvalue weighted by Gasteiger charge is -2.22. The zero-order valence-corrected chi connectivity index (χ0v) is 11.6. The van der Waals surface area contributed by atoms with Crippen molar-refractivity contribution >= 4 is 17.7 Å². The fraction of sp³-hybridized carbons (Fsp3) is 0.400. The van der Waals surface area contributed by atoms with Crippen LogP contribution in [0.25, 0.3) is 0 Å². The molecule has 2 rings (SSSR count). The topological polar surface area (TPSA) is 55.1 Å². The third-order valence-corrected chi connectivity index (χ3v) is 4.06. The van der Waals surface area contributed by atoms with Crippen molar-refractivity contribution in [1.82, 2.24) is 5.32 Å². The largest absolute Gasteiger partial charge is 0.349 e. The van der Waals surface area contributed by atoms with Gasteiger partial charge in [0.25, 0.3) is 5.91 Å². The predicted molar refractivity (Wildman–Crippen MR) is 80.2 cm³/mol. The molecule has 0 saturated carbocycles. The Morgan fingerprint density at radius 3 is 2.95 bits per heavy atom. The van der Waals surface area contributed by atoms with Gasteiger partial charge in [0.05, 0.1) is 6.54 Å². The minimum atomic E-state index is -0.00621. The van der Waals surface area contributed by atoms with Gasteiger partial charge in [0.1, 0.15) is 0 Å². The average Bonchev–Trinajstić information content (AvgIpc) is 2.46. The van der Waals surface area contributed by atoms with E-state index in [9.17, 15) is 4.79 Å². The Morgan fingerprint density at radius 2 is 2.21 bits per heavy atom. The second-order valence-corrected chi connectivity index (χ2v) is 5.67. The summed E-state index contributed by atoms with van der Waals surface area (Å²) in [6.45, 7) is 0.330. The normalized spacial score (nSPS) is 15.4. The summed E-state index contributed by atoms with van der Waals surface area (Å²) in [7, 11) is 0. The van der Waals surface area contributed by atoms with Gasteiger partial charge < -0.3 is 11.1 Å². The summed E-state index contributed by atoms with van der Waals surface area (Å²) in [4.78, 5) is 12.1. The molecule has 4 heteroatoms. The SMILES string of the molecule is NCC#Cc1cccc(C(=O)NC2CCSCC2)c1. The number of amides is 1. The quantitative estimate of drug-likeness (QED) is 0.806. The van der Waals surface area contributed by atoms with Crippen molar-refractivity contribution in [3.8, 4) is 11.8 Å². The maximum absolute atomic E-state index is 12.1. The molecule has 0 bridgehead atoms. The van der Waals surface area contributed by atoms with Gasteiger partial charge in [-0.2, -0.15) is 11.8 Å².